The second kappa shape index (κ2) is 16.9. The molecular formula is C30H35IN4O12. The number of aryl methyl sites for hydroxylation is 2. The molecule has 2 unspecified atom stereocenters. The molecule has 2 aromatic carbocycles. The second-order valence-electron chi connectivity index (χ2n) is 10.1. The van der Waals surface area contributed by atoms with E-state index in [1.54, 1.807) is 45.0 Å². The van der Waals surface area contributed by atoms with E-state index in [1.807, 2.05) is 22.6 Å². The van der Waals surface area contributed by atoms with Gasteiger partial charge in [-0.3, -0.25) is 9.59 Å². The molecule has 0 aliphatic heterocycles. The Morgan fingerprint density at radius 2 is 1.87 bits per heavy atom. The normalized spacial score (nSPS) is 12.8. The van der Waals surface area contributed by atoms with Gasteiger partial charge in [-0.15, -0.1) is 10.1 Å². The number of aromatic amines is 1. The summed E-state index contributed by atoms with van der Waals surface area (Å²) in [6, 6.07) is 6.80. The van der Waals surface area contributed by atoms with Crippen LogP contribution < -0.4 is 25.1 Å². The minimum absolute atomic E-state index is 0.0402. The highest BCUT2D eigenvalue weighted by Gasteiger charge is 2.43. The van der Waals surface area contributed by atoms with Gasteiger partial charge in [-0.1, -0.05) is 29.5 Å². The summed E-state index contributed by atoms with van der Waals surface area (Å²) >= 11 is 1.97. The number of methoxy groups -OCH3 is 2. The van der Waals surface area contributed by atoms with Crippen molar-refractivity contribution in [2.75, 3.05) is 38.5 Å². The molecule has 0 fully saturated rings. The van der Waals surface area contributed by atoms with Gasteiger partial charge in [-0.25, -0.2) is 9.78 Å². The van der Waals surface area contributed by atoms with Gasteiger partial charge < -0.3 is 43.6 Å². The zero-order valence-corrected chi connectivity index (χ0v) is 28.5. The van der Waals surface area contributed by atoms with Crippen LogP contribution in [0.5, 0.6) is 17.2 Å². The van der Waals surface area contributed by atoms with E-state index in [-0.39, 0.29) is 18.6 Å². The number of aromatic nitrogens is 2. The molecule has 2 N–H and O–H groups in total. The number of aldehydes is 1. The van der Waals surface area contributed by atoms with Crippen molar-refractivity contribution in [2.45, 2.75) is 45.4 Å². The first-order valence-corrected chi connectivity index (χ1v) is 15.8. The zero-order chi connectivity index (χ0) is 34.7. The number of halogens is 1. The Morgan fingerprint density at radius 3 is 2.45 bits per heavy atom. The molecule has 0 spiro atoms. The molecule has 0 saturated heterocycles. The highest BCUT2D eigenvalue weighted by Crippen LogP contribution is 2.32. The number of amides is 1. The molecule has 0 saturated carbocycles. The Bertz CT molecular complexity index is 1660. The molecule has 47 heavy (non-hydrogen) atoms. The van der Waals surface area contributed by atoms with Gasteiger partial charge >= 0.3 is 5.97 Å². The number of benzene rings is 2. The standard InChI is InChI=1S/C30H35IN4O12/c1-6-20(15-45-30(7-9-36,29(39)44-10-8-31)34-24(37)16-46-35(40)41)47-26-17(2)11-19(12-18(26)3)27-32-22-13-21(42-4)14-23(43-5)25(22)28(38)33-27/h9,11-14,20H,6-8,10,15-16H2,1-5H3,(H,34,37)(H,32,33,38). The number of nitrogens with zero attached hydrogens (tertiary/aromatic N) is 2. The fourth-order valence-corrected chi connectivity index (χ4v) is 4.83. The topological polar surface area (TPSA) is 208 Å². The maximum absolute atomic E-state index is 13.0. The lowest BCUT2D eigenvalue weighted by molar-refractivity contribution is -0.754. The quantitative estimate of drug-likeness (QED) is 0.0363. The third-order valence-corrected chi connectivity index (χ3v) is 7.28. The third-order valence-electron chi connectivity index (χ3n) is 6.84. The van der Waals surface area contributed by atoms with E-state index in [1.165, 1.54) is 14.2 Å². The summed E-state index contributed by atoms with van der Waals surface area (Å²) in [5.74, 6) is -0.539. The van der Waals surface area contributed by atoms with Gasteiger partial charge in [0.05, 0.1) is 32.8 Å². The lowest BCUT2D eigenvalue weighted by atomic mass is 10.0. The van der Waals surface area contributed by atoms with Gasteiger partial charge in [0, 0.05) is 22.1 Å². The van der Waals surface area contributed by atoms with Crippen LogP contribution in [-0.4, -0.2) is 83.5 Å². The molecule has 3 rings (SSSR count). The van der Waals surface area contributed by atoms with Gasteiger partial charge in [-0.2, -0.15) is 0 Å². The fraction of sp³-hybridized carbons (Fsp3) is 0.433. The number of nitrogens with one attached hydrogen (secondary N) is 2. The molecule has 16 nitrogen and oxygen atoms in total. The minimum Gasteiger partial charge on any atom is -0.497 e. The van der Waals surface area contributed by atoms with E-state index in [2.05, 4.69) is 20.1 Å². The molecule has 1 heterocycles. The van der Waals surface area contributed by atoms with Crippen LogP contribution >= 0.6 is 22.6 Å². The summed E-state index contributed by atoms with van der Waals surface area (Å²) < 4.78 is 28.4. The highest BCUT2D eigenvalue weighted by atomic mass is 127. The zero-order valence-electron chi connectivity index (χ0n) is 26.4. The lowest BCUT2D eigenvalue weighted by Crippen LogP contribution is -2.59. The molecule has 0 bridgehead atoms. The monoisotopic (exact) mass is 770 g/mol. The van der Waals surface area contributed by atoms with E-state index in [0.717, 1.165) is 0 Å². The minimum atomic E-state index is -2.28. The third kappa shape index (κ3) is 9.28. The summed E-state index contributed by atoms with van der Waals surface area (Å²) in [4.78, 5) is 72.1. The van der Waals surface area contributed by atoms with Crippen LogP contribution in [0.2, 0.25) is 0 Å². The SMILES string of the molecule is CCC(COC(CC=O)(NC(=O)CO[N+](=O)[O-])C(=O)OCCI)Oc1c(C)cc(-c2nc3cc(OC)cc(OC)c3c(=O)[nH]2)cc1C. The first kappa shape index (κ1) is 36.9. The molecule has 17 heteroatoms. The lowest BCUT2D eigenvalue weighted by Gasteiger charge is -2.32. The Labute approximate surface area is 282 Å². The van der Waals surface area contributed by atoms with Crippen LogP contribution in [0, 0.1) is 24.0 Å². The van der Waals surface area contributed by atoms with Crippen molar-refractivity contribution in [3.63, 3.8) is 0 Å². The Hall–Kier alpha value is -4.52. The van der Waals surface area contributed by atoms with Crippen molar-refractivity contribution in [1.82, 2.24) is 15.3 Å². The maximum Gasteiger partial charge on any atom is 0.360 e. The fourth-order valence-electron chi connectivity index (χ4n) is 4.61. The Balaban J connectivity index is 1.89. The average molecular weight is 771 g/mol. The molecular weight excluding hydrogens is 735 g/mol. The van der Waals surface area contributed by atoms with Gasteiger partial charge in [0.25, 0.3) is 10.6 Å². The summed E-state index contributed by atoms with van der Waals surface area (Å²) in [7, 11) is 2.95. The van der Waals surface area contributed by atoms with Crippen LogP contribution in [-0.2, 0) is 28.7 Å². The van der Waals surface area contributed by atoms with Gasteiger partial charge in [0.1, 0.15) is 47.5 Å². The summed E-state index contributed by atoms with van der Waals surface area (Å²) in [5, 5.41) is 11.9. The molecule has 1 amide bonds. The molecule has 2 atom stereocenters. The number of ether oxygens (including phenoxy) is 5. The first-order chi connectivity index (χ1) is 22.4. The van der Waals surface area contributed by atoms with Crippen LogP contribution in [0.3, 0.4) is 0 Å². The van der Waals surface area contributed by atoms with Crippen LogP contribution in [0.15, 0.2) is 29.1 Å². The molecule has 0 radical (unpaired) electrons. The van der Waals surface area contributed by atoms with E-state index in [0.29, 0.717) is 62.4 Å². The Kier molecular flexibility index (Phi) is 13.3. The number of carbonyl (C=O) groups excluding carboxylic acids is 3. The van der Waals surface area contributed by atoms with E-state index in [4.69, 9.17) is 23.7 Å². The van der Waals surface area contributed by atoms with Gasteiger partial charge in [0.15, 0.2) is 6.61 Å². The van der Waals surface area contributed by atoms with Crippen LogP contribution in [0.25, 0.3) is 22.3 Å². The smallest absolute Gasteiger partial charge is 0.360 e. The average Bonchev–Trinajstić information content (AvgIpc) is 3.04. The van der Waals surface area contributed by atoms with Crippen LogP contribution in [0.4, 0.5) is 0 Å². The van der Waals surface area contributed by atoms with Crippen molar-refractivity contribution < 1.29 is 48.0 Å². The number of fused-ring (bicyclic) bond motifs is 1. The van der Waals surface area contributed by atoms with Crippen molar-refractivity contribution in [2.24, 2.45) is 0 Å². The molecule has 3 aromatic rings. The molecule has 0 aliphatic carbocycles. The summed E-state index contributed by atoms with van der Waals surface area (Å²) in [6.45, 7) is 4.05. The number of hydrogen-bond donors (Lipinski definition) is 2. The predicted molar refractivity (Wildman–Crippen MR) is 175 cm³/mol. The van der Waals surface area contributed by atoms with Gasteiger partial charge in [0.2, 0.25) is 11.6 Å². The number of hydrogen-bond acceptors (Lipinski definition) is 13. The van der Waals surface area contributed by atoms with E-state index in [9.17, 15) is 29.3 Å². The molecule has 0 aliphatic rings. The number of H-pyrrole nitrogens is 1. The van der Waals surface area contributed by atoms with Crippen molar-refractivity contribution >= 4 is 51.7 Å². The predicted octanol–water partition coefficient (Wildman–Crippen LogP) is 2.99. The van der Waals surface area contributed by atoms with Crippen molar-refractivity contribution in [1.29, 1.82) is 0 Å². The Morgan fingerprint density at radius 1 is 1.17 bits per heavy atom. The summed E-state index contributed by atoms with van der Waals surface area (Å²) in [6.07, 6.45) is -0.601. The molecule has 1 aromatic heterocycles. The number of alkyl halides is 1. The largest absolute Gasteiger partial charge is 0.497 e. The first-order valence-electron chi connectivity index (χ1n) is 14.2. The number of carbonyl (C=O) groups is 3. The highest BCUT2D eigenvalue weighted by molar-refractivity contribution is 14.1. The molecule has 254 valence electrons. The van der Waals surface area contributed by atoms with Crippen molar-refractivity contribution in [3.05, 3.63) is 55.9 Å². The van der Waals surface area contributed by atoms with Crippen molar-refractivity contribution in [3.8, 4) is 28.6 Å². The van der Waals surface area contributed by atoms with Crippen LogP contribution in [0.1, 0.15) is 30.9 Å². The number of rotatable bonds is 18. The van der Waals surface area contributed by atoms with E-state index >= 15 is 0 Å². The maximum atomic E-state index is 13.0. The summed E-state index contributed by atoms with van der Waals surface area (Å²) in [5.41, 5.74) is -0.303. The van der Waals surface area contributed by atoms with E-state index < -0.39 is 47.4 Å². The van der Waals surface area contributed by atoms with Gasteiger partial charge in [-0.05, 0) is 43.5 Å². The number of esters is 1. The second-order valence-corrected chi connectivity index (χ2v) is 11.2.